The van der Waals surface area contributed by atoms with E-state index in [4.69, 9.17) is 5.41 Å². The van der Waals surface area contributed by atoms with Gasteiger partial charge < -0.3 is 14.8 Å². The van der Waals surface area contributed by atoms with Crippen LogP contribution in [0.1, 0.15) is 12.8 Å². The molecule has 0 radical (unpaired) electrons. The second-order valence-electron chi connectivity index (χ2n) is 5.92. The van der Waals surface area contributed by atoms with Crippen LogP contribution in [0.3, 0.4) is 0 Å². The third-order valence-electron chi connectivity index (χ3n) is 4.82. The lowest BCUT2D eigenvalue weighted by Gasteiger charge is -2.29. The van der Waals surface area contributed by atoms with Crippen LogP contribution in [0.25, 0.3) is 5.70 Å². The average molecular weight is 280 g/mol. The molecular formula is C17H20N4. The zero-order valence-corrected chi connectivity index (χ0v) is 12.3. The average Bonchev–Trinajstić information content (AvgIpc) is 2.81. The summed E-state index contributed by atoms with van der Waals surface area (Å²) in [6, 6.07) is 6.17. The van der Waals surface area contributed by atoms with E-state index in [9.17, 15) is 0 Å². The topological polar surface area (TPSA) is 44.0 Å². The molecule has 1 aliphatic carbocycles. The van der Waals surface area contributed by atoms with E-state index in [0.29, 0.717) is 11.5 Å². The summed E-state index contributed by atoms with van der Waals surface area (Å²) in [6.45, 7) is 2.07. The number of allylic oxidation sites excluding steroid dienone is 2. The standard InChI is InChI=1S/C17H20N4/c1-20-15-7-8-19-11-14(15)13-6-5-12(10-16(13)20)21-9-3-2-4-17(21)18/h2-6,9,16,18-19H,7-8,10-11H2,1H3. The Bertz CT molecular complexity index is 735. The molecule has 0 bridgehead atoms. The zero-order valence-electron chi connectivity index (χ0n) is 12.3. The Morgan fingerprint density at radius 1 is 1.29 bits per heavy atom. The van der Waals surface area contributed by atoms with Crippen molar-refractivity contribution < 1.29 is 0 Å². The number of hydrogen-bond donors (Lipinski definition) is 2. The summed E-state index contributed by atoms with van der Waals surface area (Å²) in [7, 11) is 2.21. The largest absolute Gasteiger partial charge is 0.370 e. The molecule has 1 aromatic heterocycles. The molecule has 21 heavy (non-hydrogen) atoms. The monoisotopic (exact) mass is 280 g/mol. The van der Waals surface area contributed by atoms with Crippen LogP contribution in [0.15, 0.2) is 53.4 Å². The summed E-state index contributed by atoms with van der Waals surface area (Å²) in [5, 5.41) is 11.6. The second-order valence-corrected chi connectivity index (χ2v) is 5.92. The maximum atomic E-state index is 8.08. The molecule has 108 valence electrons. The fourth-order valence-corrected chi connectivity index (χ4v) is 3.71. The quantitative estimate of drug-likeness (QED) is 0.822. The summed E-state index contributed by atoms with van der Waals surface area (Å²) in [5.74, 6) is 0. The van der Waals surface area contributed by atoms with Crippen molar-refractivity contribution in [3.63, 3.8) is 0 Å². The van der Waals surface area contributed by atoms with Crippen LogP contribution in [-0.4, -0.2) is 35.6 Å². The van der Waals surface area contributed by atoms with Crippen LogP contribution in [0.4, 0.5) is 0 Å². The first-order valence-corrected chi connectivity index (χ1v) is 7.55. The molecule has 4 nitrogen and oxygen atoms in total. The molecule has 0 saturated carbocycles. The summed E-state index contributed by atoms with van der Waals surface area (Å²) < 4.78 is 1.98. The van der Waals surface area contributed by atoms with Gasteiger partial charge in [-0.3, -0.25) is 5.41 Å². The van der Waals surface area contributed by atoms with E-state index in [0.717, 1.165) is 25.9 Å². The molecule has 1 aromatic rings. The molecule has 1 unspecified atom stereocenters. The third-order valence-corrected chi connectivity index (χ3v) is 4.82. The SMILES string of the molecule is CN1C2=C(CNCC2)C2=CC=C(n3ccccc3=N)CC21. The second kappa shape index (κ2) is 4.74. The fourth-order valence-electron chi connectivity index (χ4n) is 3.71. The number of nitrogens with zero attached hydrogens (tertiary/aromatic N) is 2. The Morgan fingerprint density at radius 3 is 3.05 bits per heavy atom. The van der Waals surface area contributed by atoms with Crippen LogP contribution >= 0.6 is 0 Å². The highest BCUT2D eigenvalue weighted by molar-refractivity contribution is 5.60. The molecule has 3 aliphatic rings. The highest BCUT2D eigenvalue weighted by Gasteiger charge is 2.36. The van der Waals surface area contributed by atoms with Crippen molar-refractivity contribution in [2.24, 2.45) is 0 Å². The molecule has 0 fully saturated rings. The fraction of sp³-hybridized carbons (Fsp3) is 0.353. The van der Waals surface area contributed by atoms with Gasteiger partial charge in [-0.25, -0.2) is 0 Å². The van der Waals surface area contributed by atoms with Crippen molar-refractivity contribution in [3.8, 4) is 0 Å². The lowest BCUT2D eigenvalue weighted by molar-refractivity contribution is 0.351. The Kier molecular flexibility index (Phi) is 2.86. The summed E-state index contributed by atoms with van der Waals surface area (Å²) >= 11 is 0. The van der Waals surface area contributed by atoms with Crippen molar-refractivity contribution in [2.45, 2.75) is 18.9 Å². The number of nitrogens with one attached hydrogen (secondary N) is 2. The van der Waals surface area contributed by atoms with E-state index in [1.54, 1.807) is 0 Å². The minimum absolute atomic E-state index is 0.432. The number of rotatable bonds is 1. The minimum atomic E-state index is 0.432. The lowest BCUT2D eigenvalue weighted by atomic mass is 9.92. The predicted molar refractivity (Wildman–Crippen MR) is 83.3 cm³/mol. The normalized spacial score (nSPS) is 24.4. The summed E-state index contributed by atoms with van der Waals surface area (Å²) in [6.07, 6.45) is 8.51. The molecular weight excluding hydrogens is 260 g/mol. The van der Waals surface area contributed by atoms with Crippen molar-refractivity contribution in [1.29, 1.82) is 5.41 Å². The first-order chi connectivity index (χ1) is 10.3. The molecule has 3 heterocycles. The van der Waals surface area contributed by atoms with E-state index in [1.807, 2.05) is 29.0 Å². The van der Waals surface area contributed by atoms with Crippen LogP contribution in [0.2, 0.25) is 0 Å². The third kappa shape index (κ3) is 1.90. The first kappa shape index (κ1) is 12.7. The van der Waals surface area contributed by atoms with Crippen molar-refractivity contribution in [3.05, 3.63) is 58.9 Å². The van der Waals surface area contributed by atoms with Crippen molar-refractivity contribution >= 4 is 5.70 Å². The van der Waals surface area contributed by atoms with Gasteiger partial charge in [-0.1, -0.05) is 12.1 Å². The van der Waals surface area contributed by atoms with E-state index in [1.165, 1.54) is 22.5 Å². The summed E-state index contributed by atoms with van der Waals surface area (Å²) in [5.41, 5.74) is 6.21. The number of hydrogen-bond acceptors (Lipinski definition) is 3. The lowest BCUT2D eigenvalue weighted by Crippen LogP contribution is -2.31. The van der Waals surface area contributed by atoms with Crippen LogP contribution in [-0.2, 0) is 0 Å². The van der Waals surface area contributed by atoms with Gasteiger partial charge in [-0.2, -0.15) is 0 Å². The highest BCUT2D eigenvalue weighted by atomic mass is 15.2. The number of likely N-dealkylation sites (N-methyl/N-ethyl adjacent to an activating group) is 1. The van der Waals surface area contributed by atoms with Gasteiger partial charge in [0.25, 0.3) is 0 Å². The first-order valence-electron chi connectivity index (χ1n) is 7.55. The van der Waals surface area contributed by atoms with E-state index in [-0.39, 0.29) is 0 Å². The number of pyridine rings is 1. The minimum Gasteiger partial charge on any atom is -0.370 e. The van der Waals surface area contributed by atoms with E-state index in [2.05, 4.69) is 29.4 Å². The van der Waals surface area contributed by atoms with Gasteiger partial charge in [0.2, 0.25) is 0 Å². The van der Waals surface area contributed by atoms with E-state index < -0.39 is 0 Å². The molecule has 0 amide bonds. The number of fused-ring (bicyclic) bond motifs is 2. The van der Waals surface area contributed by atoms with Gasteiger partial charge in [0.05, 0.1) is 6.04 Å². The molecule has 2 aliphatic heterocycles. The Morgan fingerprint density at radius 2 is 2.19 bits per heavy atom. The maximum Gasteiger partial charge on any atom is 0.129 e. The molecule has 4 rings (SSSR count). The smallest absolute Gasteiger partial charge is 0.129 e. The van der Waals surface area contributed by atoms with Gasteiger partial charge in [0.1, 0.15) is 5.49 Å². The van der Waals surface area contributed by atoms with E-state index >= 15 is 0 Å². The molecule has 0 aromatic carbocycles. The zero-order chi connectivity index (χ0) is 14.4. The van der Waals surface area contributed by atoms with Gasteiger partial charge in [0, 0.05) is 50.6 Å². The Labute approximate surface area is 124 Å². The molecule has 4 heteroatoms. The van der Waals surface area contributed by atoms with Crippen LogP contribution < -0.4 is 10.8 Å². The predicted octanol–water partition coefficient (Wildman–Crippen LogP) is 1.70. The molecule has 0 spiro atoms. The van der Waals surface area contributed by atoms with Gasteiger partial charge in [-0.15, -0.1) is 0 Å². The molecule has 0 saturated heterocycles. The van der Waals surface area contributed by atoms with Gasteiger partial charge in [0.15, 0.2) is 0 Å². The van der Waals surface area contributed by atoms with Crippen molar-refractivity contribution in [1.82, 2.24) is 14.8 Å². The van der Waals surface area contributed by atoms with Gasteiger partial charge >= 0.3 is 0 Å². The number of aromatic nitrogens is 1. The maximum absolute atomic E-state index is 8.08. The van der Waals surface area contributed by atoms with Gasteiger partial charge in [-0.05, 0) is 29.4 Å². The van der Waals surface area contributed by atoms with Crippen LogP contribution in [0, 0.1) is 5.41 Å². The Hall–Kier alpha value is -2.07. The molecule has 2 N–H and O–H groups in total. The van der Waals surface area contributed by atoms with Crippen molar-refractivity contribution in [2.75, 3.05) is 20.1 Å². The highest BCUT2D eigenvalue weighted by Crippen LogP contribution is 2.40. The summed E-state index contributed by atoms with van der Waals surface area (Å²) in [4.78, 5) is 2.45. The molecule has 1 atom stereocenters. The van der Waals surface area contributed by atoms with Crippen LogP contribution in [0.5, 0.6) is 0 Å². The Balaban J connectivity index is 1.75.